The molecule has 5 heteroatoms. The summed E-state index contributed by atoms with van der Waals surface area (Å²) < 4.78 is 5.10. The quantitative estimate of drug-likeness (QED) is 0.712. The molecule has 0 saturated heterocycles. The van der Waals surface area contributed by atoms with Gasteiger partial charge in [0.25, 0.3) is 0 Å². The van der Waals surface area contributed by atoms with E-state index in [1.54, 1.807) is 13.2 Å². The molecule has 0 spiro atoms. The second kappa shape index (κ2) is 5.16. The predicted molar refractivity (Wildman–Crippen MR) is 58.8 cm³/mol. The third kappa shape index (κ3) is 2.98. The number of carbonyl (C=O) groups is 2. The predicted octanol–water partition coefficient (Wildman–Crippen LogP) is 0.105. The Balaban J connectivity index is 2.65. The average Bonchev–Trinajstić information content (AvgIpc) is 2.25. The van der Waals surface area contributed by atoms with Gasteiger partial charge in [0, 0.05) is 6.54 Å². The van der Waals surface area contributed by atoms with E-state index in [4.69, 9.17) is 10.5 Å². The maximum Gasteiger partial charge on any atom is 0.309 e. The lowest BCUT2D eigenvalue weighted by Crippen LogP contribution is -2.35. The smallest absolute Gasteiger partial charge is 0.309 e. The number of hydrogen-bond donors (Lipinski definition) is 2. The highest BCUT2D eigenvalue weighted by atomic mass is 16.5. The van der Waals surface area contributed by atoms with Gasteiger partial charge in [0.15, 0.2) is 0 Å². The summed E-state index contributed by atoms with van der Waals surface area (Å²) >= 11 is 0. The van der Waals surface area contributed by atoms with Crippen molar-refractivity contribution < 1.29 is 14.3 Å². The molecule has 1 aromatic carbocycles. The van der Waals surface area contributed by atoms with E-state index in [1.807, 2.05) is 19.1 Å². The van der Waals surface area contributed by atoms with Crippen LogP contribution in [-0.2, 0) is 16.1 Å². The molecule has 2 amide bonds. The fraction of sp³-hybridized carbons (Fsp3) is 0.273. The minimum Gasteiger partial charge on any atom is -0.496 e. The number of carbonyl (C=O) groups excluding carboxylic acids is 2. The molecule has 3 N–H and O–H groups in total. The van der Waals surface area contributed by atoms with Crippen molar-refractivity contribution in [1.82, 2.24) is 5.32 Å². The van der Waals surface area contributed by atoms with Crippen LogP contribution in [0.5, 0.6) is 5.75 Å². The summed E-state index contributed by atoms with van der Waals surface area (Å²) in [5.74, 6) is -0.983. The Labute approximate surface area is 93.6 Å². The monoisotopic (exact) mass is 222 g/mol. The third-order valence-corrected chi connectivity index (χ3v) is 2.14. The van der Waals surface area contributed by atoms with Crippen LogP contribution in [0, 0.1) is 6.92 Å². The summed E-state index contributed by atoms with van der Waals surface area (Å²) in [7, 11) is 1.59. The van der Waals surface area contributed by atoms with Crippen molar-refractivity contribution in [3.05, 3.63) is 29.3 Å². The van der Waals surface area contributed by atoms with Gasteiger partial charge in [-0.05, 0) is 24.1 Å². The standard InChI is InChI=1S/C11H14N2O3/c1-7-5-8(3-4-9(7)16-2)6-13-11(15)10(12)14/h3-5H,6H2,1-2H3,(H2,12,14)(H,13,15). The van der Waals surface area contributed by atoms with Crippen LogP contribution in [0.2, 0.25) is 0 Å². The van der Waals surface area contributed by atoms with Gasteiger partial charge in [-0.25, -0.2) is 0 Å². The van der Waals surface area contributed by atoms with Crippen LogP contribution >= 0.6 is 0 Å². The molecule has 0 unspecified atom stereocenters. The lowest BCUT2D eigenvalue weighted by atomic mass is 10.1. The summed E-state index contributed by atoms with van der Waals surface area (Å²) in [4.78, 5) is 21.4. The summed E-state index contributed by atoms with van der Waals surface area (Å²) in [6.45, 7) is 2.17. The number of rotatable bonds is 3. The van der Waals surface area contributed by atoms with Crippen molar-refractivity contribution in [3.8, 4) is 5.75 Å². The summed E-state index contributed by atoms with van der Waals surface area (Å²) in [6, 6.07) is 5.49. The van der Waals surface area contributed by atoms with E-state index in [2.05, 4.69) is 5.32 Å². The number of aryl methyl sites for hydroxylation is 1. The van der Waals surface area contributed by atoms with E-state index in [0.29, 0.717) is 0 Å². The van der Waals surface area contributed by atoms with Crippen LogP contribution < -0.4 is 15.8 Å². The Hall–Kier alpha value is -2.04. The molecule has 0 fully saturated rings. The van der Waals surface area contributed by atoms with E-state index in [9.17, 15) is 9.59 Å². The lowest BCUT2D eigenvalue weighted by molar-refractivity contribution is -0.137. The third-order valence-electron chi connectivity index (χ3n) is 2.14. The van der Waals surface area contributed by atoms with E-state index >= 15 is 0 Å². The van der Waals surface area contributed by atoms with Gasteiger partial charge in [-0.1, -0.05) is 12.1 Å². The molecule has 1 rings (SSSR count). The molecule has 86 valence electrons. The summed E-state index contributed by atoms with van der Waals surface area (Å²) in [5.41, 5.74) is 6.65. The number of nitrogens with one attached hydrogen (secondary N) is 1. The fourth-order valence-electron chi connectivity index (χ4n) is 1.32. The highest BCUT2D eigenvalue weighted by molar-refractivity contribution is 6.34. The number of benzene rings is 1. The van der Waals surface area contributed by atoms with Crippen molar-refractivity contribution in [2.75, 3.05) is 7.11 Å². The van der Waals surface area contributed by atoms with Gasteiger partial charge in [-0.2, -0.15) is 0 Å². The molecule has 0 aliphatic rings. The molecule has 0 aliphatic heterocycles. The number of amides is 2. The lowest BCUT2D eigenvalue weighted by Gasteiger charge is -2.07. The molecule has 5 nitrogen and oxygen atoms in total. The van der Waals surface area contributed by atoms with Crippen LogP contribution in [0.1, 0.15) is 11.1 Å². The number of nitrogens with two attached hydrogens (primary N) is 1. The molecule has 0 radical (unpaired) electrons. The van der Waals surface area contributed by atoms with Gasteiger partial charge in [0.1, 0.15) is 5.75 Å². The number of methoxy groups -OCH3 is 1. The zero-order chi connectivity index (χ0) is 12.1. The Morgan fingerprint density at radius 3 is 2.62 bits per heavy atom. The van der Waals surface area contributed by atoms with Crippen molar-refractivity contribution in [2.45, 2.75) is 13.5 Å². The van der Waals surface area contributed by atoms with E-state index in [1.165, 1.54) is 0 Å². The first-order chi connectivity index (χ1) is 7.54. The van der Waals surface area contributed by atoms with Gasteiger partial charge in [-0.15, -0.1) is 0 Å². The van der Waals surface area contributed by atoms with Crippen molar-refractivity contribution >= 4 is 11.8 Å². The SMILES string of the molecule is COc1ccc(CNC(=O)C(N)=O)cc1C. The zero-order valence-corrected chi connectivity index (χ0v) is 9.24. The molecule has 0 bridgehead atoms. The van der Waals surface area contributed by atoms with Crippen LogP contribution in [0.15, 0.2) is 18.2 Å². The van der Waals surface area contributed by atoms with Gasteiger partial charge in [0.05, 0.1) is 7.11 Å². The Bertz CT molecular complexity index is 416. The minimum atomic E-state index is -0.981. The highest BCUT2D eigenvalue weighted by Gasteiger charge is 2.07. The molecule has 0 aromatic heterocycles. The van der Waals surface area contributed by atoms with Gasteiger partial charge in [0.2, 0.25) is 0 Å². The Morgan fingerprint density at radius 1 is 1.44 bits per heavy atom. The van der Waals surface area contributed by atoms with E-state index < -0.39 is 11.8 Å². The van der Waals surface area contributed by atoms with Crippen molar-refractivity contribution in [3.63, 3.8) is 0 Å². The number of hydrogen-bond acceptors (Lipinski definition) is 3. The second-order valence-corrected chi connectivity index (χ2v) is 3.35. The molecule has 1 aromatic rings. The second-order valence-electron chi connectivity index (χ2n) is 3.35. The Kier molecular flexibility index (Phi) is 3.88. The molecule has 0 aliphatic carbocycles. The normalized spacial score (nSPS) is 9.62. The molecular formula is C11H14N2O3. The first-order valence-electron chi connectivity index (χ1n) is 4.75. The van der Waals surface area contributed by atoms with Crippen LogP contribution in [0.25, 0.3) is 0 Å². The van der Waals surface area contributed by atoms with Crippen molar-refractivity contribution in [2.24, 2.45) is 5.73 Å². The van der Waals surface area contributed by atoms with Gasteiger partial charge < -0.3 is 15.8 Å². The van der Waals surface area contributed by atoms with Crippen LogP contribution in [0.4, 0.5) is 0 Å². The van der Waals surface area contributed by atoms with E-state index in [0.717, 1.165) is 16.9 Å². The van der Waals surface area contributed by atoms with Crippen molar-refractivity contribution in [1.29, 1.82) is 0 Å². The molecule has 0 heterocycles. The van der Waals surface area contributed by atoms with Crippen LogP contribution in [0.3, 0.4) is 0 Å². The maximum absolute atomic E-state index is 10.9. The highest BCUT2D eigenvalue weighted by Crippen LogP contribution is 2.18. The maximum atomic E-state index is 10.9. The fourth-order valence-corrected chi connectivity index (χ4v) is 1.32. The molecular weight excluding hydrogens is 208 g/mol. The van der Waals surface area contributed by atoms with Crippen LogP contribution in [-0.4, -0.2) is 18.9 Å². The number of primary amides is 1. The zero-order valence-electron chi connectivity index (χ0n) is 9.24. The largest absolute Gasteiger partial charge is 0.496 e. The molecule has 16 heavy (non-hydrogen) atoms. The first kappa shape index (κ1) is 12.0. The van der Waals surface area contributed by atoms with E-state index in [-0.39, 0.29) is 6.54 Å². The topological polar surface area (TPSA) is 81.4 Å². The Morgan fingerprint density at radius 2 is 2.12 bits per heavy atom. The minimum absolute atomic E-state index is 0.270. The summed E-state index contributed by atoms with van der Waals surface area (Å²) in [5, 5.41) is 2.41. The average molecular weight is 222 g/mol. The number of ether oxygens (including phenoxy) is 1. The summed E-state index contributed by atoms with van der Waals surface area (Å²) in [6.07, 6.45) is 0. The molecule has 0 saturated carbocycles. The van der Waals surface area contributed by atoms with Gasteiger partial charge >= 0.3 is 11.8 Å². The van der Waals surface area contributed by atoms with Gasteiger partial charge in [-0.3, -0.25) is 9.59 Å². The molecule has 0 atom stereocenters. The first-order valence-corrected chi connectivity index (χ1v) is 4.75.